The van der Waals surface area contributed by atoms with Crippen LogP contribution in [0.15, 0.2) is 85.3 Å². The fourth-order valence-electron chi connectivity index (χ4n) is 4.50. The van der Waals surface area contributed by atoms with Gasteiger partial charge in [0, 0.05) is 36.0 Å². The first-order chi connectivity index (χ1) is 18.7. The minimum Gasteiger partial charge on any atom is -0.436 e. The summed E-state index contributed by atoms with van der Waals surface area (Å²) < 4.78 is 27.2. The summed E-state index contributed by atoms with van der Waals surface area (Å²) in [4.78, 5) is 21.9. The molecule has 0 spiro atoms. The van der Waals surface area contributed by atoms with Crippen molar-refractivity contribution in [3.63, 3.8) is 0 Å². The number of halogens is 1. The topological polar surface area (TPSA) is 91.2 Å². The van der Waals surface area contributed by atoms with Gasteiger partial charge in [-0.2, -0.15) is 5.10 Å². The van der Waals surface area contributed by atoms with Crippen molar-refractivity contribution in [1.29, 1.82) is 0 Å². The summed E-state index contributed by atoms with van der Waals surface area (Å²) in [5, 5.41) is 8.29. The molecule has 1 aliphatic rings. The third-order valence-corrected chi connectivity index (χ3v) is 6.39. The number of carbonyl (C=O) groups is 1. The molecule has 0 bridgehead atoms. The fraction of sp³-hybridized carbons (Fsp3) is 0.172. The zero-order valence-corrected chi connectivity index (χ0v) is 20.4. The van der Waals surface area contributed by atoms with Crippen LogP contribution in [-0.2, 0) is 4.74 Å². The van der Waals surface area contributed by atoms with Crippen molar-refractivity contribution in [3.05, 3.63) is 96.8 Å². The lowest BCUT2D eigenvalue weighted by Crippen LogP contribution is -2.20. The van der Waals surface area contributed by atoms with E-state index >= 15 is 0 Å². The van der Waals surface area contributed by atoms with Crippen LogP contribution in [0.5, 0.6) is 11.6 Å². The van der Waals surface area contributed by atoms with Gasteiger partial charge in [0.1, 0.15) is 0 Å². The number of para-hydroxylation sites is 1. The van der Waals surface area contributed by atoms with Crippen LogP contribution in [0.2, 0.25) is 0 Å². The zero-order valence-electron chi connectivity index (χ0n) is 20.4. The van der Waals surface area contributed by atoms with Gasteiger partial charge in [-0.1, -0.05) is 24.3 Å². The Morgan fingerprint density at radius 3 is 2.71 bits per heavy atom. The predicted molar refractivity (Wildman–Crippen MR) is 140 cm³/mol. The van der Waals surface area contributed by atoms with Gasteiger partial charge in [-0.15, -0.1) is 0 Å². The van der Waals surface area contributed by atoms with Crippen LogP contribution in [0.3, 0.4) is 0 Å². The van der Waals surface area contributed by atoms with E-state index in [0.717, 1.165) is 35.9 Å². The second-order valence-electron chi connectivity index (χ2n) is 8.96. The summed E-state index contributed by atoms with van der Waals surface area (Å²) in [6, 6.07) is 19.1. The zero-order chi connectivity index (χ0) is 25.9. The number of amides is 1. The summed E-state index contributed by atoms with van der Waals surface area (Å²) in [5.41, 5.74) is 3.43. The number of ether oxygens (including phenoxy) is 2. The van der Waals surface area contributed by atoms with E-state index in [-0.39, 0.29) is 29.5 Å². The van der Waals surface area contributed by atoms with E-state index in [0.29, 0.717) is 17.7 Å². The smallest absolute Gasteiger partial charge is 0.276 e. The molecule has 1 saturated heterocycles. The highest BCUT2D eigenvalue weighted by atomic mass is 19.1. The van der Waals surface area contributed by atoms with Crippen molar-refractivity contribution in [3.8, 4) is 22.8 Å². The monoisotopic (exact) mass is 509 g/mol. The maximum Gasteiger partial charge on any atom is 0.276 e. The van der Waals surface area contributed by atoms with Gasteiger partial charge in [-0.05, 0) is 61.2 Å². The Morgan fingerprint density at radius 2 is 1.95 bits per heavy atom. The number of aromatic nitrogens is 4. The van der Waals surface area contributed by atoms with Gasteiger partial charge in [-0.25, -0.2) is 14.1 Å². The van der Waals surface area contributed by atoms with Crippen LogP contribution in [0.4, 0.5) is 10.1 Å². The molecule has 0 saturated carbocycles. The Morgan fingerprint density at radius 1 is 1.03 bits per heavy atom. The lowest BCUT2D eigenvalue weighted by Gasteiger charge is -2.23. The highest BCUT2D eigenvalue weighted by Gasteiger charge is 2.24. The molecular formula is C29H24FN5O3. The van der Waals surface area contributed by atoms with E-state index in [1.807, 2.05) is 30.3 Å². The molecule has 5 aromatic rings. The molecule has 0 radical (unpaired) electrons. The van der Waals surface area contributed by atoms with Gasteiger partial charge in [-0.3, -0.25) is 9.78 Å². The average Bonchev–Trinajstić information content (AvgIpc) is 3.35. The lowest BCUT2D eigenvalue weighted by atomic mass is 10.0. The van der Waals surface area contributed by atoms with Gasteiger partial charge >= 0.3 is 0 Å². The van der Waals surface area contributed by atoms with Crippen LogP contribution in [-0.4, -0.2) is 32.3 Å². The third-order valence-electron chi connectivity index (χ3n) is 6.39. The summed E-state index contributed by atoms with van der Waals surface area (Å²) in [7, 11) is 0. The van der Waals surface area contributed by atoms with E-state index in [4.69, 9.17) is 14.6 Å². The number of rotatable bonds is 6. The number of hydrogen-bond donors (Lipinski definition) is 1. The summed E-state index contributed by atoms with van der Waals surface area (Å²) >= 11 is 0. The summed E-state index contributed by atoms with van der Waals surface area (Å²) in [6.45, 7) is 0.661. The molecule has 1 N–H and O–H groups in total. The molecule has 9 heteroatoms. The minimum atomic E-state index is -0.484. The second kappa shape index (κ2) is 10.4. The number of nitrogens with one attached hydrogen (secondary N) is 1. The Hall–Kier alpha value is -4.63. The number of carbonyl (C=O) groups excluding carboxylic acids is 1. The molecule has 1 aliphatic heterocycles. The Bertz CT molecular complexity index is 1580. The van der Waals surface area contributed by atoms with Gasteiger partial charge in [0.15, 0.2) is 23.5 Å². The quantitative estimate of drug-likeness (QED) is 0.286. The Labute approximate surface area is 218 Å². The highest BCUT2D eigenvalue weighted by molar-refractivity contribution is 6.11. The van der Waals surface area contributed by atoms with Crippen molar-refractivity contribution in [2.45, 2.75) is 25.5 Å². The van der Waals surface area contributed by atoms with Gasteiger partial charge in [0.05, 0.1) is 17.4 Å². The molecule has 8 nitrogen and oxygen atoms in total. The predicted octanol–water partition coefficient (Wildman–Crippen LogP) is 6.38. The molecule has 4 heterocycles. The molecule has 1 atom stereocenters. The van der Waals surface area contributed by atoms with Crippen molar-refractivity contribution in [2.24, 2.45) is 0 Å². The van der Waals surface area contributed by atoms with Crippen LogP contribution < -0.4 is 10.1 Å². The third kappa shape index (κ3) is 4.83. The first-order valence-electron chi connectivity index (χ1n) is 12.4. The van der Waals surface area contributed by atoms with E-state index < -0.39 is 5.82 Å². The number of benzene rings is 2. The normalized spacial score (nSPS) is 15.3. The van der Waals surface area contributed by atoms with Crippen molar-refractivity contribution in [2.75, 3.05) is 11.9 Å². The Balaban J connectivity index is 1.30. The van der Waals surface area contributed by atoms with E-state index in [1.54, 1.807) is 41.3 Å². The second-order valence-corrected chi connectivity index (χ2v) is 8.96. The van der Waals surface area contributed by atoms with Crippen molar-refractivity contribution < 1.29 is 18.7 Å². The lowest BCUT2D eigenvalue weighted by molar-refractivity contribution is -0.0367. The maximum absolute atomic E-state index is 13.9. The number of nitrogens with zero attached hydrogens (tertiary/aromatic N) is 4. The number of fused-ring (bicyclic) bond motifs is 1. The summed E-state index contributed by atoms with van der Waals surface area (Å²) in [5.74, 6) is -0.583. The number of pyridine rings is 2. The summed E-state index contributed by atoms with van der Waals surface area (Å²) in [6.07, 6.45) is 7.61. The number of anilines is 1. The standard InChI is InChI=1S/C29H24FN5O3/c30-23-7-1-2-8-25(23)38-26-13-11-21(18-32-26)33-29(36)28-22-16-19(20-6-5-14-31-17-20)10-12-24(22)35(34-28)27-9-3-4-15-37-27/h1-2,5-8,10-14,16-18,27H,3-4,9,15H2,(H,33,36). The van der Waals surface area contributed by atoms with Crippen LogP contribution in [0, 0.1) is 5.82 Å². The van der Waals surface area contributed by atoms with Gasteiger partial charge in [0.2, 0.25) is 5.88 Å². The van der Waals surface area contributed by atoms with E-state index in [1.165, 1.54) is 18.3 Å². The largest absolute Gasteiger partial charge is 0.436 e. The molecule has 0 aliphatic carbocycles. The first-order valence-corrected chi connectivity index (χ1v) is 12.4. The molecule has 38 heavy (non-hydrogen) atoms. The van der Waals surface area contributed by atoms with Crippen molar-refractivity contribution >= 4 is 22.5 Å². The van der Waals surface area contributed by atoms with Crippen molar-refractivity contribution in [1.82, 2.24) is 19.7 Å². The average molecular weight is 510 g/mol. The Kier molecular flexibility index (Phi) is 6.49. The SMILES string of the molecule is O=C(Nc1ccc(Oc2ccccc2F)nc1)c1nn(C2CCCCO2)c2ccc(-c3cccnc3)cc12. The first kappa shape index (κ1) is 23.7. The van der Waals surface area contributed by atoms with E-state index in [2.05, 4.69) is 15.3 Å². The molecule has 3 aromatic heterocycles. The molecule has 6 rings (SSSR count). The van der Waals surface area contributed by atoms with Gasteiger partial charge < -0.3 is 14.8 Å². The maximum atomic E-state index is 13.9. The molecule has 190 valence electrons. The molecule has 2 aromatic carbocycles. The minimum absolute atomic E-state index is 0.0724. The van der Waals surface area contributed by atoms with E-state index in [9.17, 15) is 9.18 Å². The van der Waals surface area contributed by atoms with Crippen LogP contribution in [0.1, 0.15) is 36.0 Å². The fourth-order valence-corrected chi connectivity index (χ4v) is 4.50. The molecular weight excluding hydrogens is 485 g/mol. The molecule has 1 amide bonds. The molecule has 1 fully saturated rings. The number of hydrogen-bond acceptors (Lipinski definition) is 6. The van der Waals surface area contributed by atoms with Crippen LogP contribution in [0.25, 0.3) is 22.0 Å². The molecule has 1 unspecified atom stereocenters. The van der Waals surface area contributed by atoms with Gasteiger partial charge in [0.25, 0.3) is 5.91 Å². The van der Waals surface area contributed by atoms with Crippen LogP contribution >= 0.6 is 0 Å². The highest BCUT2D eigenvalue weighted by Crippen LogP contribution is 2.32.